The van der Waals surface area contributed by atoms with Crippen molar-refractivity contribution >= 4 is 40.4 Å². The minimum absolute atomic E-state index is 0. The Labute approximate surface area is 195 Å². The van der Waals surface area contributed by atoms with Crippen LogP contribution in [0.5, 0.6) is 0 Å². The molecule has 3 heterocycles. The topological polar surface area (TPSA) is 262 Å². The number of phosphoric ester groups is 1. The van der Waals surface area contributed by atoms with E-state index in [0.717, 1.165) is 6.33 Å². The molecule has 2 aromatic rings. The summed E-state index contributed by atoms with van der Waals surface area (Å²) in [6, 6.07) is 0. The molecule has 3 rings (SSSR count). The summed E-state index contributed by atoms with van der Waals surface area (Å²) >= 11 is 0. The number of anilines is 1. The predicted molar refractivity (Wildman–Crippen MR) is 91.9 cm³/mol. The molecule has 0 aliphatic carbocycles. The first-order valence-corrected chi connectivity index (χ1v) is 12.3. The van der Waals surface area contributed by atoms with E-state index in [2.05, 4.69) is 28.1 Å². The number of rotatable bonds is 8. The quantitative estimate of drug-likeness (QED) is 0.165. The van der Waals surface area contributed by atoms with Gasteiger partial charge in [0.25, 0.3) is 0 Å². The molecule has 168 valence electrons. The van der Waals surface area contributed by atoms with Crippen LogP contribution in [0.15, 0.2) is 12.7 Å². The molecule has 2 aromatic heterocycles. The average molecular weight is 513 g/mol. The van der Waals surface area contributed by atoms with Crippen LogP contribution in [0.4, 0.5) is 5.82 Å². The summed E-state index contributed by atoms with van der Waals surface area (Å²) in [5.74, 6) is 0.0865. The van der Waals surface area contributed by atoms with E-state index in [9.17, 15) is 23.7 Å². The molecule has 1 aliphatic rings. The van der Waals surface area contributed by atoms with E-state index in [4.69, 9.17) is 25.2 Å². The molecule has 0 radical (unpaired) electrons. The summed E-state index contributed by atoms with van der Waals surface area (Å²) in [4.78, 5) is 47.3. The molecular formula is C10H15N5NaO12P3. The second kappa shape index (κ2) is 9.89. The number of imidazole rings is 1. The summed E-state index contributed by atoms with van der Waals surface area (Å²) in [6.07, 6.45) is -1.31. The van der Waals surface area contributed by atoms with Gasteiger partial charge in [0.15, 0.2) is 11.5 Å². The van der Waals surface area contributed by atoms with E-state index in [0.29, 0.717) is 0 Å². The Morgan fingerprint density at radius 1 is 1.16 bits per heavy atom. The van der Waals surface area contributed by atoms with Crippen molar-refractivity contribution in [1.29, 1.82) is 0 Å². The molecule has 1 aliphatic heterocycles. The van der Waals surface area contributed by atoms with Gasteiger partial charge in [0.1, 0.15) is 18.1 Å². The van der Waals surface area contributed by atoms with E-state index in [-0.39, 0.29) is 53.0 Å². The summed E-state index contributed by atoms with van der Waals surface area (Å²) in [5.41, 5.74) is 6.14. The number of ether oxygens (including phenoxy) is 1. The molecule has 17 nitrogen and oxygen atoms in total. The van der Waals surface area contributed by atoms with E-state index >= 15 is 0 Å². The summed E-state index contributed by atoms with van der Waals surface area (Å²) in [6.45, 7) is -0.733. The molecule has 31 heavy (non-hydrogen) atoms. The van der Waals surface area contributed by atoms with E-state index in [1.807, 2.05) is 0 Å². The zero-order chi connectivity index (χ0) is 22.3. The molecule has 5 atom stereocenters. The van der Waals surface area contributed by atoms with Gasteiger partial charge >= 0.3 is 53.0 Å². The van der Waals surface area contributed by atoms with Crippen molar-refractivity contribution in [2.45, 2.75) is 24.9 Å². The van der Waals surface area contributed by atoms with Crippen LogP contribution < -0.4 is 40.4 Å². The van der Waals surface area contributed by atoms with Gasteiger partial charge in [-0.3, -0.25) is 9.09 Å². The molecule has 1 saturated heterocycles. The molecule has 0 saturated carbocycles. The fourth-order valence-electron chi connectivity index (χ4n) is 2.60. The number of hydrogen-bond acceptors (Lipinski definition) is 12. The number of phosphoric acid groups is 3. The molecule has 0 amide bonds. The van der Waals surface area contributed by atoms with Gasteiger partial charge in [-0.25, -0.2) is 28.6 Å². The van der Waals surface area contributed by atoms with Crippen molar-refractivity contribution < 1.29 is 85.8 Å². The maximum Gasteiger partial charge on any atom is 1.00 e. The van der Waals surface area contributed by atoms with E-state index in [1.165, 1.54) is 10.9 Å². The monoisotopic (exact) mass is 513 g/mol. The molecule has 6 N–H and O–H groups in total. The van der Waals surface area contributed by atoms with Gasteiger partial charge in [-0.15, -0.1) is 0 Å². The minimum atomic E-state index is -5.63. The van der Waals surface area contributed by atoms with Crippen molar-refractivity contribution in [3.63, 3.8) is 0 Å². The molecule has 0 bridgehead atoms. The van der Waals surface area contributed by atoms with E-state index in [1.54, 1.807) is 0 Å². The van der Waals surface area contributed by atoms with Gasteiger partial charge in [0.2, 0.25) is 0 Å². The van der Waals surface area contributed by atoms with Gasteiger partial charge in [-0.05, 0) is 6.42 Å². The Hall–Kier alpha value is -0.320. The summed E-state index contributed by atoms with van der Waals surface area (Å²) in [5, 5.41) is 12.3. The maximum absolute atomic E-state index is 12.3. The van der Waals surface area contributed by atoms with Crippen LogP contribution in [-0.4, -0.2) is 57.9 Å². The predicted octanol–water partition coefficient (Wildman–Crippen LogP) is -4.23. The standard InChI is InChI=1S/C10H15N5O12P3.Na/c11-8-7-9(13-3-12-8)15(4-14-7)10-6(16)1-5(25-10)2-24-29(20,21)27-30(22,23)26-28(17,18)19;/h3-6,10H,1-2H2,(H,20,21)(H,22,23)(H2,11,12,13)(H2,17,18,19);/q-1;+1/t5-,6+,10+;/m0./s1. The number of nitrogens with zero attached hydrogens (tertiary/aromatic N) is 4. The first-order valence-electron chi connectivity index (χ1n) is 7.79. The van der Waals surface area contributed by atoms with Gasteiger partial charge in [0.05, 0.1) is 19.0 Å². The third-order valence-electron chi connectivity index (χ3n) is 3.65. The van der Waals surface area contributed by atoms with Gasteiger partial charge in [-0.2, -0.15) is 8.62 Å². The normalized spacial score (nSPS) is 25.6. The summed E-state index contributed by atoms with van der Waals surface area (Å²) < 4.78 is 52.1. The second-order valence-corrected chi connectivity index (χ2v) is 10.3. The van der Waals surface area contributed by atoms with Crippen LogP contribution >= 0.6 is 23.5 Å². The smallest absolute Gasteiger partial charge is 0.849 e. The van der Waals surface area contributed by atoms with Crippen molar-refractivity contribution in [2.24, 2.45) is 0 Å². The number of nitrogens with two attached hydrogens (primary N) is 1. The Balaban J connectivity index is 0.00000341. The first-order chi connectivity index (χ1) is 13.8. The Bertz CT molecular complexity index is 1080. The van der Waals surface area contributed by atoms with Crippen LogP contribution in [0.2, 0.25) is 0 Å². The van der Waals surface area contributed by atoms with Crippen LogP contribution in [-0.2, 0) is 31.6 Å². The largest absolute Gasteiger partial charge is 1.00 e. The first kappa shape index (κ1) is 26.9. The van der Waals surface area contributed by atoms with Crippen molar-refractivity contribution in [2.75, 3.05) is 12.3 Å². The van der Waals surface area contributed by atoms with Crippen molar-refractivity contribution in [3.05, 3.63) is 12.7 Å². The van der Waals surface area contributed by atoms with Crippen molar-refractivity contribution in [1.82, 2.24) is 19.5 Å². The van der Waals surface area contributed by atoms with Crippen LogP contribution in [0, 0.1) is 0 Å². The minimum Gasteiger partial charge on any atom is -0.849 e. The van der Waals surface area contributed by atoms with Gasteiger partial charge < -0.3 is 35.2 Å². The molecule has 1 fully saturated rings. The summed E-state index contributed by atoms with van der Waals surface area (Å²) in [7, 11) is -16.5. The number of aromatic nitrogens is 4. The Kier molecular flexibility index (Phi) is 8.59. The third kappa shape index (κ3) is 7.08. The van der Waals surface area contributed by atoms with Crippen LogP contribution in [0.3, 0.4) is 0 Å². The van der Waals surface area contributed by atoms with Crippen molar-refractivity contribution in [3.8, 4) is 0 Å². The molecule has 2 unspecified atom stereocenters. The molecule has 21 heteroatoms. The van der Waals surface area contributed by atoms with Crippen LogP contribution in [0.1, 0.15) is 12.6 Å². The fraction of sp³-hybridized carbons (Fsp3) is 0.500. The Morgan fingerprint density at radius 3 is 2.48 bits per heavy atom. The fourth-order valence-corrected chi connectivity index (χ4v) is 5.65. The SMILES string of the molecule is Nc1ncnc2c1ncn2[C@@H]1O[C@H](COP(=O)(O)OP(=O)(O)OP(=O)(O)O)C[C@H]1[O-].[Na+]. The maximum atomic E-state index is 12.3. The number of hydrogen-bond donors (Lipinski definition) is 5. The molecule has 0 aromatic carbocycles. The van der Waals surface area contributed by atoms with Crippen LogP contribution in [0.25, 0.3) is 11.2 Å². The zero-order valence-corrected chi connectivity index (χ0v) is 20.2. The average Bonchev–Trinajstić information content (AvgIpc) is 3.13. The van der Waals surface area contributed by atoms with Gasteiger partial charge in [0, 0.05) is 0 Å². The second-order valence-electron chi connectivity index (χ2n) is 5.89. The number of nitrogen functional groups attached to an aromatic ring is 1. The van der Waals surface area contributed by atoms with Gasteiger partial charge in [-0.1, -0.05) is 6.10 Å². The van der Waals surface area contributed by atoms with E-state index < -0.39 is 48.5 Å². The molecule has 0 spiro atoms. The Morgan fingerprint density at radius 2 is 1.84 bits per heavy atom. The number of fused-ring (bicyclic) bond motifs is 1. The zero-order valence-electron chi connectivity index (χ0n) is 15.6. The third-order valence-corrected chi connectivity index (χ3v) is 7.45. The molecular weight excluding hydrogens is 498 g/mol.